The number of benzene rings is 1. The Hall–Kier alpha value is -1.63. The number of hydrogen-bond donors (Lipinski definition) is 1. The van der Waals surface area contributed by atoms with Crippen molar-refractivity contribution in [2.75, 3.05) is 17.6 Å². The molecule has 0 atom stereocenters. The molecule has 7 heteroatoms. The van der Waals surface area contributed by atoms with Crippen LogP contribution in [0, 0.1) is 5.82 Å². The number of sulfonamides is 1. The summed E-state index contributed by atoms with van der Waals surface area (Å²) >= 11 is 0. The van der Waals surface area contributed by atoms with Gasteiger partial charge in [0, 0.05) is 7.05 Å². The zero-order chi connectivity index (χ0) is 12.5. The third kappa shape index (κ3) is 2.48. The van der Waals surface area contributed by atoms with Gasteiger partial charge in [0.05, 0.1) is 17.5 Å². The minimum atomic E-state index is -3.62. The number of carboxylic acid groups (broad SMARTS) is 1. The second kappa shape index (κ2) is 4.09. The molecule has 0 aliphatic heterocycles. The molecule has 0 radical (unpaired) electrons. The summed E-state index contributed by atoms with van der Waals surface area (Å²) in [7, 11) is -2.47. The highest BCUT2D eigenvalue weighted by atomic mass is 32.2. The average molecular weight is 247 g/mol. The van der Waals surface area contributed by atoms with E-state index in [0.29, 0.717) is 4.31 Å². The Morgan fingerprint density at radius 1 is 1.44 bits per heavy atom. The van der Waals surface area contributed by atoms with Crippen LogP contribution in [0.5, 0.6) is 0 Å². The molecule has 88 valence electrons. The summed E-state index contributed by atoms with van der Waals surface area (Å²) in [6.45, 7) is 0. The summed E-state index contributed by atoms with van der Waals surface area (Å²) < 4.78 is 36.4. The smallest absolute Gasteiger partial charge is 0.335 e. The number of carbonyl (C=O) groups is 1. The van der Waals surface area contributed by atoms with E-state index in [0.717, 1.165) is 31.5 Å². The summed E-state index contributed by atoms with van der Waals surface area (Å²) in [6.07, 6.45) is 0.903. The van der Waals surface area contributed by atoms with Gasteiger partial charge >= 0.3 is 5.97 Å². The predicted molar refractivity (Wildman–Crippen MR) is 56.6 cm³/mol. The Kier molecular flexibility index (Phi) is 3.18. The molecule has 16 heavy (non-hydrogen) atoms. The maximum Gasteiger partial charge on any atom is 0.335 e. The fourth-order valence-electron chi connectivity index (χ4n) is 1.07. The summed E-state index contributed by atoms with van der Waals surface area (Å²) in [5.74, 6) is -2.04. The SMILES string of the molecule is CN(c1cc(C(=O)O)ccc1F)S(C)(=O)=O. The fraction of sp³-hybridized carbons (Fsp3) is 0.222. The Morgan fingerprint density at radius 3 is 2.44 bits per heavy atom. The first-order chi connectivity index (χ1) is 7.23. The van der Waals surface area contributed by atoms with E-state index >= 15 is 0 Å². The highest BCUT2D eigenvalue weighted by molar-refractivity contribution is 7.92. The lowest BCUT2D eigenvalue weighted by Crippen LogP contribution is -2.26. The van der Waals surface area contributed by atoms with Crippen molar-refractivity contribution in [1.82, 2.24) is 0 Å². The highest BCUT2D eigenvalue weighted by Gasteiger charge is 2.17. The number of aromatic carboxylic acids is 1. The predicted octanol–water partition coefficient (Wildman–Crippen LogP) is 0.920. The van der Waals surface area contributed by atoms with E-state index in [1.165, 1.54) is 0 Å². The van der Waals surface area contributed by atoms with E-state index < -0.39 is 21.8 Å². The molecule has 0 aliphatic rings. The van der Waals surface area contributed by atoms with Gasteiger partial charge in [-0.1, -0.05) is 0 Å². The molecule has 1 rings (SSSR count). The number of hydrogen-bond acceptors (Lipinski definition) is 3. The quantitative estimate of drug-likeness (QED) is 0.861. The van der Waals surface area contributed by atoms with E-state index in [-0.39, 0.29) is 11.3 Å². The molecule has 0 fully saturated rings. The number of rotatable bonds is 3. The van der Waals surface area contributed by atoms with Crippen LogP contribution in [0.4, 0.5) is 10.1 Å². The Bertz CT molecular complexity index is 526. The van der Waals surface area contributed by atoms with Crippen LogP contribution in [-0.2, 0) is 10.0 Å². The second-order valence-corrected chi connectivity index (χ2v) is 5.22. The Morgan fingerprint density at radius 2 is 2.00 bits per heavy atom. The van der Waals surface area contributed by atoms with Gasteiger partial charge in [-0.05, 0) is 18.2 Å². The van der Waals surface area contributed by atoms with Gasteiger partial charge in [-0.15, -0.1) is 0 Å². The maximum absolute atomic E-state index is 13.3. The molecule has 1 N–H and O–H groups in total. The molecule has 0 saturated heterocycles. The van der Waals surface area contributed by atoms with Gasteiger partial charge in [-0.25, -0.2) is 17.6 Å². The van der Waals surface area contributed by atoms with Gasteiger partial charge in [0.25, 0.3) is 0 Å². The van der Waals surface area contributed by atoms with E-state index in [9.17, 15) is 17.6 Å². The van der Waals surface area contributed by atoms with Crippen molar-refractivity contribution in [2.45, 2.75) is 0 Å². The average Bonchev–Trinajstić information content (AvgIpc) is 2.15. The first kappa shape index (κ1) is 12.4. The van der Waals surface area contributed by atoms with Crippen LogP contribution in [0.3, 0.4) is 0 Å². The molecule has 0 unspecified atom stereocenters. The van der Waals surface area contributed by atoms with Crippen LogP contribution in [0.1, 0.15) is 10.4 Å². The molecular weight excluding hydrogens is 237 g/mol. The molecular formula is C9H10FNO4S. The molecule has 1 aromatic rings. The first-order valence-corrected chi connectivity index (χ1v) is 6.05. The van der Waals surface area contributed by atoms with Crippen molar-refractivity contribution in [1.29, 1.82) is 0 Å². The summed E-state index contributed by atoms with van der Waals surface area (Å²) in [5.41, 5.74) is -0.464. The van der Waals surface area contributed by atoms with E-state index in [2.05, 4.69) is 0 Å². The normalized spacial score (nSPS) is 11.2. The Balaban J connectivity index is 3.33. The number of carboxylic acids is 1. The van der Waals surface area contributed by atoms with E-state index in [1.807, 2.05) is 0 Å². The topological polar surface area (TPSA) is 74.7 Å². The fourth-order valence-corrected chi connectivity index (χ4v) is 1.56. The van der Waals surface area contributed by atoms with Crippen LogP contribution in [0.15, 0.2) is 18.2 Å². The number of anilines is 1. The second-order valence-electron chi connectivity index (χ2n) is 3.20. The molecule has 0 amide bonds. The van der Waals surface area contributed by atoms with E-state index in [1.54, 1.807) is 0 Å². The third-order valence-electron chi connectivity index (χ3n) is 2.03. The lowest BCUT2D eigenvalue weighted by atomic mass is 10.2. The molecule has 0 aliphatic carbocycles. The van der Waals surface area contributed by atoms with Crippen LogP contribution >= 0.6 is 0 Å². The van der Waals surface area contributed by atoms with Gasteiger partial charge in [0.15, 0.2) is 0 Å². The molecule has 1 aromatic carbocycles. The first-order valence-electron chi connectivity index (χ1n) is 4.20. The molecule has 0 spiro atoms. The lowest BCUT2D eigenvalue weighted by molar-refractivity contribution is 0.0697. The Labute approximate surface area is 92.2 Å². The van der Waals surface area contributed by atoms with Crippen LogP contribution in [-0.4, -0.2) is 32.8 Å². The van der Waals surface area contributed by atoms with Crippen molar-refractivity contribution in [3.63, 3.8) is 0 Å². The van der Waals surface area contributed by atoms with Crippen molar-refractivity contribution < 1.29 is 22.7 Å². The standard InChI is InChI=1S/C9H10FNO4S/c1-11(16(2,14)15)8-5-6(9(12)13)3-4-7(8)10/h3-5H,1-2H3,(H,12,13). The third-order valence-corrected chi connectivity index (χ3v) is 3.22. The summed E-state index contributed by atoms with van der Waals surface area (Å²) in [6, 6.07) is 2.95. The van der Waals surface area contributed by atoms with Crippen molar-refractivity contribution in [3.8, 4) is 0 Å². The van der Waals surface area contributed by atoms with Crippen LogP contribution in [0.25, 0.3) is 0 Å². The molecule has 0 bridgehead atoms. The minimum absolute atomic E-state index is 0.174. The number of nitrogens with zero attached hydrogens (tertiary/aromatic N) is 1. The summed E-state index contributed by atoms with van der Waals surface area (Å²) in [5, 5.41) is 8.69. The molecule has 0 heterocycles. The van der Waals surface area contributed by atoms with E-state index in [4.69, 9.17) is 5.11 Å². The number of halogens is 1. The van der Waals surface area contributed by atoms with Crippen molar-refractivity contribution in [2.24, 2.45) is 0 Å². The zero-order valence-electron chi connectivity index (χ0n) is 8.64. The maximum atomic E-state index is 13.3. The largest absolute Gasteiger partial charge is 0.478 e. The highest BCUT2D eigenvalue weighted by Crippen LogP contribution is 2.21. The molecule has 5 nitrogen and oxygen atoms in total. The lowest BCUT2D eigenvalue weighted by Gasteiger charge is -2.17. The zero-order valence-corrected chi connectivity index (χ0v) is 9.45. The van der Waals surface area contributed by atoms with Crippen molar-refractivity contribution >= 4 is 21.7 Å². The molecule has 0 saturated carbocycles. The van der Waals surface area contributed by atoms with Crippen LogP contribution in [0.2, 0.25) is 0 Å². The van der Waals surface area contributed by atoms with Gasteiger partial charge in [0.2, 0.25) is 10.0 Å². The van der Waals surface area contributed by atoms with Gasteiger partial charge < -0.3 is 5.11 Å². The molecule has 0 aromatic heterocycles. The van der Waals surface area contributed by atoms with Gasteiger partial charge in [-0.3, -0.25) is 4.31 Å². The van der Waals surface area contributed by atoms with Gasteiger partial charge in [-0.2, -0.15) is 0 Å². The minimum Gasteiger partial charge on any atom is -0.478 e. The van der Waals surface area contributed by atoms with Crippen molar-refractivity contribution in [3.05, 3.63) is 29.6 Å². The van der Waals surface area contributed by atoms with Gasteiger partial charge in [0.1, 0.15) is 5.82 Å². The monoisotopic (exact) mass is 247 g/mol. The summed E-state index contributed by atoms with van der Waals surface area (Å²) in [4.78, 5) is 10.6. The van der Waals surface area contributed by atoms with Crippen LogP contribution < -0.4 is 4.31 Å².